The molecule has 0 aliphatic heterocycles. The lowest BCUT2D eigenvalue weighted by Gasteiger charge is -2.11. The van der Waals surface area contributed by atoms with Crippen LogP contribution < -0.4 is 5.32 Å². The number of rotatable bonds is 3. The molecule has 0 fully saturated rings. The summed E-state index contributed by atoms with van der Waals surface area (Å²) in [5, 5.41) is 21.2. The second-order valence-corrected chi connectivity index (χ2v) is 4.00. The van der Waals surface area contributed by atoms with Crippen molar-refractivity contribution in [2.24, 2.45) is 0 Å². The third kappa shape index (κ3) is 3.18. The van der Waals surface area contributed by atoms with E-state index in [1.54, 1.807) is 48.5 Å². The van der Waals surface area contributed by atoms with Crippen molar-refractivity contribution in [2.45, 2.75) is 6.10 Å². The molecule has 1 atom stereocenters. The zero-order valence-corrected chi connectivity index (χ0v) is 10.1. The van der Waals surface area contributed by atoms with Crippen LogP contribution in [0.5, 0.6) is 0 Å². The summed E-state index contributed by atoms with van der Waals surface area (Å²) in [6.07, 6.45) is -1.23. The number of nitrogens with zero attached hydrogens (tertiary/aromatic N) is 1. The van der Waals surface area contributed by atoms with E-state index in [0.717, 1.165) is 0 Å². The van der Waals surface area contributed by atoms with Crippen LogP contribution >= 0.6 is 0 Å². The fourth-order valence-corrected chi connectivity index (χ4v) is 1.66. The highest BCUT2D eigenvalue weighted by atomic mass is 16.3. The highest BCUT2D eigenvalue weighted by molar-refractivity contribution is 5.94. The quantitative estimate of drug-likeness (QED) is 0.879. The van der Waals surface area contributed by atoms with Crippen molar-refractivity contribution in [3.05, 3.63) is 65.7 Å². The number of aliphatic hydroxyl groups excluding tert-OH is 1. The van der Waals surface area contributed by atoms with Gasteiger partial charge in [-0.1, -0.05) is 36.4 Å². The lowest BCUT2D eigenvalue weighted by atomic mass is 10.1. The summed E-state index contributed by atoms with van der Waals surface area (Å²) in [5.41, 5.74) is 1.46. The number of amides is 1. The highest BCUT2D eigenvalue weighted by Crippen LogP contribution is 2.16. The summed E-state index contributed by atoms with van der Waals surface area (Å²) in [6.45, 7) is 0. The minimum atomic E-state index is -1.23. The number of hydrogen-bond donors (Lipinski definition) is 2. The minimum Gasteiger partial charge on any atom is -0.378 e. The Kier molecular flexibility index (Phi) is 3.91. The van der Waals surface area contributed by atoms with E-state index in [0.29, 0.717) is 16.8 Å². The summed E-state index contributed by atoms with van der Waals surface area (Å²) >= 11 is 0. The van der Waals surface area contributed by atoms with Crippen molar-refractivity contribution in [3.8, 4) is 6.07 Å². The Balaban J connectivity index is 2.11. The Morgan fingerprint density at radius 3 is 2.58 bits per heavy atom. The fraction of sp³-hybridized carbons (Fsp3) is 0.0667. The molecule has 4 heteroatoms. The molecule has 4 nitrogen and oxygen atoms in total. The van der Waals surface area contributed by atoms with Crippen LogP contribution in [0.1, 0.15) is 17.2 Å². The van der Waals surface area contributed by atoms with Gasteiger partial charge < -0.3 is 10.4 Å². The zero-order valence-electron chi connectivity index (χ0n) is 10.1. The summed E-state index contributed by atoms with van der Waals surface area (Å²) < 4.78 is 0. The maximum Gasteiger partial charge on any atom is 0.257 e. The third-order valence-corrected chi connectivity index (χ3v) is 2.62. The molecule has 1 unspecified atom stereocenters. The Hall–Kier alpha value is -2.64. The number of hydrogen-bond acceptors (Lipinski definition) is 3. The molecule has 0 saturated heterocycles. The average molecular weight is 252 g/mol. The molecule has 0 heterocycles. The van der Waals surface area contributed by atoms with E-state index in [9.17, 15) is 9.90 Å². The van der Waals surface area contributed by atoms with E-state index in [1.165, 1.54) is 0 Å². The number of carbonyl (C=O) groups is 1. The molecule has 2 aromatic carbocycles. The maximum atomic E-state index is 11.9. The molecule has 2 rings (SSSR count). The average Bonchev–Trinajstić information content (AvgIpc) is 2.47. The molecule has 0 saturated carbocycles. The highest BCUT2D eigenvalue weighted by Gasteiger charge is 2.16. The maximum absolute atomic E-state index is 11.9. The van der Waals surface area contributed by atoms with Gasteiger partial charge in [-0.2, -0.15) is 5.26 Å². The molecule has 0 radical (unpaired) electrons. The van der Waals surface area contributed by atoms with Crippen molar-refractivity contribution in [2.75, 3.05) is 5.32 Å². The van der Waals surface area contributed by atoms with Crippen molar-refractivity contribution < 1.29 is 9.90 Å². The topological polar surface area (TPSA) is 73.1 Å². The smallest absolute Gasteiger partial charge is 0.257 e. The van der Waals surface area contributed by atoms with Crippen LogP contribution in [0.3, 0.4) is 0 Å². The van der Waals surface area contributed by atoms with Gasteiger partial charge in [-0.15, -0.1) is 0 Å². The van der Waals surface area contributed by atoms with Gasteiger partial charge in [-0.05, 0) is 23.8 Å². The Morgan fingerprint density at radius 1 is 1.16 bits per heavy atom. The lowest BCUT2D eigenvalue weighted by molar-refractivity contribution is -0.124. The van der Waals surface area contributed by atoms with Gasteiger partial charge >= 0.3 is 0 Å². The van der Waals surface area contributed by atoms with Gasteiger partial charge in [0.1, 0.15) is 0 Å². The van der Waals surface area contributed by atoms with Gasteiger partial charge in [0.25, 0.3) is 5.91 Å². The number of nitriles is 1. The molecule has 0 aromatic heterocycles. The van der Waals surface area contributed by atoms with Gasteiger partial charge in [-0.25, -0.2) is 0 Å². The van der Waals surface area contributed by atoms with Crippen LogP contribution in [0.25, 0.3) is 0 Å². The van der Waals surface area contributed by atoms with Gasteiger partial charge in [0, 0.05) is 5.69 Å². The molecule has 2 N–H and O–H groups in total. The van der Waals surface area contributed by atoms with E-state index in [4.69, 9.17) is 5.26 Å². The molecular weight excluding hydrogens is 240 g/mol. The summed E-state index contributed by atoms with van der Waals surface area (Å²) in [7, 11) is 0. The van der Waals surface area contributed by atoms with Crippen LogP contribution in [-0.2, 0) is 4.79 Å². The number of aliphatic hydroxyl groups is 1. The van der Waals surface area contributed by atoms with Crippen LogP contribution in [-0.4, -0.2) is 11.0 Å². The van der Waals surface area contributed by atoms with Crippen LogP contribution in [0.15, 0.2) is 54.6 Å². The van der Waals surface area contributed by atoms with E-state index in [2.05, 4.69) is 5.32 Å². The fourth-order valence-electron chi connectivity index (χ4n) is 1.66. The predicted molar refractivity (Wildman–Crippen MR) is 71.2 cm³/mol. The predicted octanol–water partition coefficient (Wildman–Crippen LogP) is 2.23. The van der Waals surface area contributed by atoms with Crippen molar-refractivity contribution in [1.29, 1.82) is 5.26 Å². The molecule has 0 spiro atoms. The van der Waals surface area contributed by atoms with Gasteiger partial charge in [0.15, 0.2) is 6.10 Å². The first-order chi connectivity index (χ1) is 9.20. The van der Waals surface area contributed by atoms with Gasteiger partial charge in [0.2, 0.25) is 0 Å². The lowest BCUT2D eigenvalue weighted by Crippen LogP contribution is -2.20. The second-order valence-electron chi connectivity index (χ2n) is 4.00. The Labute approximate surface area is 110 Å². The molecule has 0 bridgehead atoms. The largest absolute Gasteiger partial charge is 0.378 e. The number of benzene rings is 2. The molecule has 94 valence electrons. The standard InChI is InChI=1S/C15H12N2O2/c16-10-11-5-4-8-13(9-11)17-15(19)14(18)12-6-2-1-3-7-12/h1-9,14,18H,(H,17,19). The molecule has 1 amide bonds. The third-order valence-electron chi connectivity index (χ3n) is 2.62. The molecule has 0 aliphatic rings. The number of carbonyl (C=O) groups excluding carboxylic acids is 1. The van der Waals surface area contributed by atoms with Crippen molar-refractivity contribution in [3.63, 3.8) is 0 Å². The SMILES string of the molecule is N#Cc1cccc(NC(=O)C(O)c2ccccc2)c1. The summed E-state index contributed by atoms with van der Waals surface area (Å²) in [4.78, 5) is 11.9. The summed E-state index contributed by atoms with van der Waals surface area (Å²) in [5.74, 6) is -0.527. The van der Waals surface area contributed by atoms with E-state index < -0.39 is 12.0 Å². The number of anilines is 1. The second kappa shape index (κ2) is 5.80. The molecule has 2 aromatic rings. The monoisotopic (exact) mass is 252 g/mol. The van der Waals surface area contributed by atoms with Crippen molar-refractivity contribution in [1.82, 2.24) is 0 Å². The van der Waals surface area contributed by atoms with E-state index >= 15 is 0 Å². The Morgan fingerprint density at radius 2 is 1.89 bits per heavy atom. The van der Waals surface area contributed by atoms with Crippen LogP contribution in [0.4, 0.5) is 5.69 Å². The van der Waals surface area contributed by atoms with Gasteiger partial charge in [0.05, 0.1) is 11.6 Å². The number of nitrogens with one attached hydrogen (secondary N) is 1. The first-order valence-corrected chi connectivity index (χ1v) is 5.75. The first kappa shape index (κ1) is 12.8. The van der Waals surface area contributed by atoms with Crippen molar-refractivity contribution >= 4 is 11.6 Å². The summed E-state index contributed by atoms with van der Waals surface area (Å²) in [6, 6.07) is 17.2. The molecular formula is C15H12N2O2. The van der Waals surface area contributed by atoms with Crippen LogP contribution in [0, 0.1) is 11.3 Å². The van der Waals surface area contributed by atoms with E-state index in [-0.39, 0.29) is 0 Å². The normalized spacial score (nSPS) is 11.4. The van der Waals surface area contributed by atoms with Crippen LogP contribution in [0.2, 0.25) is 0 Å². The molecule has 19 heavy (non-hydrogen) atoms. The van der Waals surface area contributed by atoms with E-state index in [1.807, 2.05) is 12.1 Å². The first-order valence-electron chi connectivity index (χ1n) is 5.75. The minimum absolute atomic E-state index is 0.451. The molecule has 0 aliphatic carbocycles. The van der Waals surface area contributed by atoms with Gasteiger partial charge in [-0.3, -0.25) is 4.79 Å². The zero-order chi connectivity index (χ0) is 13.7. The Bertz CT molecular complexity index is 618.